The molecule has 27 heavy (non-hydrogen) atoms. The van der Waals surface area contributed by atoms with Gasteiger partial charge in [0.1, 0.15) is 5.56 Å². The first kappa shape index (κ1) is 20.2. The van der Waals surface area contributed by atoms with Gasteiger partial charge < -0.3 is 15.2 Å². The van der Waals surface area contributed by atoms with E-state index < -0.39 is 37.7 Å². The van der Waals surface area contributed by atoms with Gasteiger partial charge in [0.2, 0.25) is 17.7 Å². The fraction of sp³-hybridized carbons (Fsp3) is 0.250. The second-order valence-corrected chi connectivity index (χ2v) is 6.75. The fourth-order valence-corrected chi connectivity index (χ4v) is 3.56. The Bertz CT molecular complexity index is 984. The monoisotopic (exact) mass is 419 g/mol. The standard InChI is InChI=1S/C12H14ClN7O6S/c1-20-10(7(9(14)21)8(13)18-20)27(23,24)19-12(22)17-11-15-5(25-2)4-6(16-11)26-3/h4H,1-3H3,(H2,14,21)(H2,15,16,17,19,22). The minimum absolute atomic E-state index is 0.0643. The molecule has 2 aromatic rings. The van der Waals surface area contributed by atoms with Crippen molar-refractivity contribution in [2.75, 3.05) is 19.5 Å². The maximum Gasteiger partial charge on any atom is 0.335 e. The molecule has 0 spiro atoms. The molecule has 0 aliphatic heterocycles. The van der Waals surface area contributed by atoms with E-state index in [1.165, 1.54) is 27.3 Å². The smallest absolute Gasteiger partial charge is 0.335 e. The number of nitrogens with two attached hydrogens (primary N) is 1. The number of halogens is 1. The molecule has 0 atom stereocenters. The minimum atomic E-state index is -4.56. The molecule has 0 fully saturated rings. The van der Waals surface area contributed by atoms with E-state index in [9.17, 15) is 18.0 Å². The largest absolute Gasteiger partial charge is 0.481 e. The van der Waals surface area contributed by atoms with Gasteiger partial charge in [-0.25, -0.2) is 9.52 Å². The summed E-state index contributed by atoms with van der Waals surface area (Å²) in [5.74, 6) is -1.30. The Morgan fingerprint density at radius 2 is 1.78 bits per heavy atom. The third-order valence-corrected chi connectivity index (χ3v) is 4.70. The summed E-state index contributed by atoms with van der Waals surface area (Å²) in [6.07, 6.45) is 0. The van der Waals surface area contributed by atoms with Gasteiger partial charge in [0.05, 0.1) is 20.3 Å². The number of ether oxygens (including phenoxy) is 2. The van der Waals surface area contributed by atoms with E-state index in [0.717, 1.165) is 4.68 Å². The van der Waals surface area contributed by atoms with Crippen LogP contribution in [0.1, 0.15) is 10.4 Å². The van der Waals surface area contributed by atoms with Crippen LogP contribution in [0.2, 0.25) is 5.15 Å². The number of hydrogen-bond donors (Lipinski definition) is 3. The second-order valence-electron chi connectivity index (χ2n) is 4.79. The van der Waals surface area contributed by atoms with Crippen molar-refractivity contribution >= 4 is 39.5 Å². The Labute approximate surface area is 157 Å². The summed E-state index contributed by atoms with van der Waals surface area (Å²) in [5.41, 5.74) is 4.57. The Morgan fingerprint density at radius 3 is 2.26 bits per heavy atom. The number of carbonyl (C=O) groups is 2. The van der Waals surface area contributed by atoms with Gasteiger partial charge in [-0.05, 0) is 0 Å². The van der Waals surface area contributed by atoms with Crippen molar-refractivity contribution < 1.29 is 27.5 Å². The molecule has 13 nitrogen and oxygen atoms in total. The zero-order valence-electron chi connectivity index (χ0n) is 14.2. The van der Waals surface area contributed by atoms with Crippen molar-refractivity contribution in [3.63, 3.8) is 0 Å². The maximum absolute atomic E-state index is 12.4. The summed E-state index contributed by atoms with van der Waals surface area (Å²) in [5, 5.41) is 4.60. The molecule has 0 aliphatic carbocycles. The number of hydrogen-bond acceptors (Lipinski definition) is 9. The predicted molar refractivity (Wildman–Crippen MR) is 91.2 cm³/mol. The van der Waals surface area contributed by atoms with E-state index in [-0.39, 0.29) is 17.7 Å². The van der Waals surface area contributed by atoms with Gasteiger partial charge in [-0.2, -0.15) is 23.5 Å². The van der Waals surface area contributed by atoms with Crippen LogP contribution in [0.3, 0.4) is 0 Å². The summed E-state index contributed by atoms with van der Waals surface area (Å²) < 4.78 is 37.2. The summed E-state index contributed by atoms with van der Waals surface area (Å²) in [7, 11) is -0.698. The van der Waals surface area contributed by atoms with Crippen molar-refractivity contribution in [1.82, 2.24) is 24.5 Å². The fourth-order valence-electron chi connectivity index (χ4n) is 1.96. The molecule has 0 aliphatic rings. The first-order chi connectivity index (χ1) is 12.6. The predicted octanol–water partition coefficient (Wildman–Crippen LogP) is -0.510. The Kier molecular flexibility index (Phi) is 5.70. The highest BCUT2D eigenvalue weighted by molar-refractivity contribution is 7.90. The molecular weight excluding hydrogens is 406 g/mol. The topological polar surface area (TPSA) is 180 Å². The number of aryl methyl sites for hydroxylation is 1. The highest BCUT2D eigenvalue weighted by Crippen LogP contribution is 2.22. The number of aromatic nitrogens is 4. The lowest BCUT2D eigenvalue weighted by Gasteiger charge is -2.10. The molecule has 0 radical (unpaired) electrons. The van der Waals surface area contributed by atoms with Crippen LogP contribution in [0.4, 0.5) is 10.7 Å². The van der Waals surface area contributed by atoms with Crippen molar-refractivity contribution in [2.24, 2.45) is 12.8 Å². The maximum atomic E-state index is 12.4. The van der Waals surface area contributed by atoms with E-state index in [2.05, 4.69) is 20.4 Å². The third kappa shape index (κ3) is 4.35. The van der Waals surface area contributed by atoms with Crippen LogP contribution in [0, 0.1) is 0 Å². The lowest BCUT2D eigenvalue weighted by molar-refractivity contribution is 0.0996. The van der Waals surface area contributed by atoms with Crippen molar-refractivity contribution in [3.8, 4) is 11.8 Å². The Morgan fingerprint density at radius 1 is 1.22 bits per heavy atom. The number of amides is 3. The van der Waals surface area contributed by atoms with Crippen LogP contribution in [0.5, 0.6) is 11.8 Å². The summed E-state index contributed by atoms with van der Waals surface area (Å²) >= 11 is 5.71. The molecule has 4 N–H and O–H groups in total. The molecule has 146 valence electrons. The molecule has 0 unspecified atom stereocenters. The van der Waals surface area contributed by atoms with Gasteiger partial charge >= 0.3 is 6.03 Å². The summed E-state index contributed by atoms with van der Waals surface area (Å²) in [4.78, 5) is 31.2. The van der Waals surface area contributed by atoms with Gasteiger partial charge in [-0.15, -0.1) is 0 Å². The van der Waals surface area contributed by atoms with Crippen molar-refractivity contribution in [1.29, 1.82) is 0 Å². The molecule has 2 rings (SSSR count). The van der Waals surface area contributed by atoms with Crippen molar-refractivity contribution in [2.45, 2.75) is 5.03 Å². The van der Waals surface area contributed by atoms with E-state index in [0.29, 0.717) is 0 Å². The first-order valence-electron chi connectivity index (χ1n) is 6.92. The van der Waals surface area contributed by atoms with E-state index >= 15 is 0 Å². The highest BCUT2D eigenvalue weighted by atomic mass is 35.5. The van der Waals surface area contributed by atoms with Gasteiger partial charge in [-0.1, -0.05) is 11.6 Å². The van der Waals surface area contributed by atoms with Crippen LogP contribution in [-0.2, 0) is 17.1 Å². The third-order valence-electron chi connectivity index (χ3n) is 3.00. The molecule has 2 aromatic heterocycles. The van der Waals surface area contributed by atoms with Crippen LogP contribution in [0.15, 0.2) is 11.1 Å². The molecule has 0 aromatic carbocycles. The molecule has 2 heterocycles. The van der Waals surface area contributed by atoms with Gasteiger partial charge in [0, 0.05) is 7.05 Å². The summed E-state index contributed by atoms with van der Waals surface area (Å²) in [6, 6.07) is 0.120. The number of rotatable bonds is 6. The molecule has 0 saturated heterocycles. The van der Waals surface area contributed by atoms with Crippen LogP contribution >= 0.6 is 11.6 Å². The molecule has 0 saturated carbocycles. The van der Waals surface area contributed by atoms with E-state index in [1.807, 2.05) is 0 Å². The Balaban J connectivity index is 2.30. The number of nitrogens with zero attached hydrogens (tertiary/aromatic N) is 4. The average molecular weight is 420 g/mol. The van der Waals surface area contributed by atoms with Crippen molar-refractivity contribution in [3.05, 3.63) is 16.8 Å². The lowest BCUT2D eigenvalue weighted by Crippen LogP contribution is -2.36. The lowest BCUT2D eigenvalue weighted by atomic mass is 10.3. The van der Waals surface area contributed by atoms with Gasteiger partial charge in [-0.3, -0.25) is 14.8 Å². The normalized spacial score (nSPS) is 11.0. The zero-order chi connectivity index (χ0) is 20.4. The second kappa shape index (κ2) is 7.63. The van der Waals surface area contributed by atoms with Crippen LogP contribution in [0.25, 0.3) is 0 Å². The van der Waals surface area contributed by atoms with E-state index in [4.69, 9.17) is 26.8 Å². The molecule has 0 bridgehead atoms. The quantitative estimate of drug-likeness (QED) is 0.555. The average Bonchev–Trinajstić information content (AvgIpc) is 2.88. The zero-order valence-corrected chi connectivity index (χ0v) is 15.8. The van der Waals surface area contributed by atoms with Crippen LogP contribution in [-0.4, -0.2) is 54.3 Å². The first-order valence-corrected chi connectivity index (χ1v) is 8.78. The Hall–Kier alpha value is -3.13. The highest BCUT2D eigenvalue weighted by Gasteiger charge is 2.31. The van der Waals surface area contributed by atoms with Crippen LogP contribution < -0.4 is 25.2 Å². The molecule has 15 heteroatoms. The minimum Gasteiger partial charge on any atom is -0.481 e. The number of urea groups is 1. The van der Waals surface area contributed by atoms with Gasteiger partial charge in [0.15, 0.2) is 10.2 Å². The number of primary amides is 1. The SMILES string of the molecule is COc1cc(OC)nc(NC(=O)NS(=O)(=O)c2c(C(N)=O)c(Cl)nn2C)n1. The van der Waals surface area contributed by atoms with Gasteiger partial charge in [0.25, 0.3) is 15.9 Å². The van der Waals surface area contributed by atoms with E-state index in [1.54, 1.807) is 4.72 Å². The number of anilines is 1. The molecule has 3 amide bonds. The molecular formula is C12H14ClN7O6S. The summed E-state index contributed by atoms with van der Waals surface area (Å²) in [6.45, 7) is 0. The number of sulfonamides is 1. The number of methoxy groups -OCH3 is 2. The number of carbonyl (C=O) groups excluding carboxylic acids is 2. The number of nitrogens with one attached hydrogen (secondary N) is 2.